The molecule has 0 aliphatic rings. The van der Waals surface area contributed by atoms with Crippen molar-refractivity contribution in [3.8, 4) is 0 Å². The number of alkyl halides is 1. The maximum absolute atomic E-state index is 11.2. The minimum absolute atomic E-state index is 0. The van der Waals surface area contributed by atoms with Gasteiger partial charge in [0.2, 0.25) is 0 Å². The molecule has 1 nitrogen and oxygen atoms in total. The SMILES string of the molecule is CCCCCF.N. The Balaban J connectivity index is 0. The molecule has 46 valence electrons. The van der Waals surface area contributed by atoms with Gasteiger partial charge < -0.3 is 6.15 Å². The normalized spacial score (nSPS) is 7.71. The van der Waals surface area contributed by atoms with Crippen LogP contribution in [0.25, 0.3) is 0 Å². The van der Waals surface area contributed by atoms with E-state index in [-0.39, 0.29) is 12.8 Å². The predicted molar refractivity (Wildman–Crippen MR) is 30.5 cm³/mol. The van der Waals surface area contributed by atoms with Crippen LogP contribution < -0.4 is 6.15 Å². The van der Waals surface area contributed by atoms with Crippen molar-refractivity contribution >= 4 is 0 Å². The van der Waals surface area contributed by atoms with E-state index >= 15 is 0 Å². The largest absolute Gasteiger partial charge is 0.344 e. The van der Waals surface area contributed by atoms with E-state index in [1.807, 2.05) is 0 Å². The molecule has 0 spiro atoms. The Morgan fingerprint density at radius 1 is 1.29 bits per heavy atom. The summed E-state index contributed by atoms with van der Waals surface area (Å²) in [6.45, 7) is 1.92. The molecule has 0 radical (unpaired) electrons. The van der Waals surface area contributed by atoms with Crippen molar-refractivity contribution in [3.05, 3.63) is 0 Å². The lowest BCUT2D eigenvalue weighted by atomic mass is 10.3. The van der Waals surface area contributed by atoms with Gasteiger partial charge in [-0.05, 0) is 6.42 Å². The Hall–Kier alpha value is -0.110. The monoisotopic (exact) mass is 107 g/mol. The molecule has 7 heavy (non-hydrogen) atoms. The third-order valence-electron chi connectivity index (χ3n) is 0.737. The summed E-state index contributed by atoms with van der Waals surface area (Å²) in [5.74, 6) is 0. The van der Waals surface area contributed by atoms with Crippen LogP contribution in [0.15, 0.2) is 0 Å². The molecule has 2 heteroatoms. The minimum atomic E-state index is -0.145. The Morgan fingerprint density at radius 2 is 1.86 bits per heavy atom. The molecule has 0 heterocycles. The van der Waals surface area contributed by atoms with Gasteiger partial charge in [-0.2, -0.15) is 0 Å². The molecule has 0 fully saturated rings. The molecule has 0 atom stereocenters. The highest BCUT2D eigenvalue weighted by Gasteiger charge is 1.78. The first-order valence-corrected chi connectivity index (χ1v) is 2.47. The molecule has 0 saturated carbocycles. The fourth-order valence-electron chi connectivity index (χ4n) is 0.344. The van der Waals surface area contributed by atoms with Gasteiger partial charge in [0.05, 0.1) is 6.67 Å². The van der Waals surface area contributed by atoms with Crippen LogP contribution in [-0.2, 0) is 0 Å². The maximum atomic E-state index is 11.2. The molecule has 0 aromatic heterocycles. The van der Waals surface area contributed by atoms with Crippen molar-refractivity contribution in [2.24, 2.45) is 0 Å². The number of hydrogen-bond acceptors (Lipinski definition) is 1. The van der Waals surface area contributed by atoms with Gasteiger partial charge in [-0.3, -0.25) is 4.39 Å². The summed E-state index contributed by atoms with van der Waals surface area (Å²) in [6, 6.07) is 0. The van der Waals surface area contributed by atoms with Gasteiger partial charge in [-0.15, -0.1) is 0 Å². The molecule has 0 aromatic rings. The van der Waals surface area contributed by atoms with E-state index in [1.165, 1.54) is 0 Å². The zero-order chi connectivity index (χ0) is 4.83. The fourth-order valence-corrected chi connectivity index (χ4v) is 0.344. The van der Waals surface area contributed by atoms with E-state index in [0.717, 1.165) is 19.3 Å². The van der Waals surface area contributed by atoms with Crippen LogP contribution in [0.4, 0.5) is 4.39 Å². The summed E-state index contributed by atoms with van der Waals surface area (Å²) < 4.78 is 11.2. The third kappa shape index (κ3) is 10.7. The highest BCUT2D eigenvalue weighted by atomic mass is 19.1. The second-order valence-electron chi connectivity index (χ2n) is 1.40. The van der Waals surface area contributed by atoms with Crippen LogP contribution in [0.3, 0.4) is 0 Å². The number of rotatable bonds is 3. The van der Waals surface area contributed by atoms with Crippen molar-refractivity contribution in [1.82, 2.24) is 6.15 Å². The molecule has 0 bridgehead atoms. The lowest BCUT2D eigenvalue weighted by molar-refractivity contribution is 0.460. The highest BCUT2D eigenvalue weighted by Crippen LogP contribution is 1.91. The van der Waals surface area contributed by atoms with Gasteiger partial charge in [0, 0.05) is 0 Å². The molecule has 0 amide bonds. The summed E-state index contributed by atoms with van der Waals surface area (Å²) in [5, 5.41) is 0. The Morgan fingerprint density at radius 3 is 2.00 bits per heavy atom. The summed E-state index contributed by atoms with van der Waals surface area (Å²) in [5.41, 5.74) is 0. The van der Waals surface area contributed by atoms with E-state index in [0.29, 0.717) is 0 Å². The zero-order valence-electron chi connectivity index (χ0n) is 4.91. The number of hydrogen-bond donors (Lipinski definition) is 1. The summed E-state index contributed by atoms with van der Waals surface area (Å²) in [6.07, 6.45) is 2.90. The zero-order valence-corrected chi connectivity index (χ0v) is 4.91. The molecule has 0 aliphatic heterocycles. The molecule has 0 unspecified atom stereocenters. The molecular weight excluding hydrogens is 93.1 g/mol. The van der Waals surface area contributed by atoms with Gasteiger partial charge in [-0.1, -0.05) is 19.8 Å². The minimum Gasteiger partial charge on any atom is -0.344 e. The van der Waals surface area contributed by atoms with Crippen LogP contribution in [0.1, 0.15) is 26.2 Å². The average molecular weight is 107 g/mol. The van der Waals surface area contributed by atoms with E-state index in [4.69, 9.17) is 0 Å². The van der Waals surface area contributed by atoms with Crippen molar-refractivity contribution in [1.29, 1.82) is 0 Å². The Labute approximate surface area is 44.5 Å². The van der Waals surface area contributed by atoms with Crippen LogP contribution in [0, 0.1) is 0 Å². The molecule has 0 aliphatic carbocycles. The van der Waals surface area contributed by atoms with E-state index in [9.17, 15) is 4.39 Å². The number of unbranched alkanes of at least 4 members (excludes halogenated alkanes) is 2. The second kappa shape index (κ2) is 9.31. The average Bonchev–Trinajstić information content (AvgIpc) is 1.61. The summed E-state index contributed by atoms with van der Waals surface area (Å²) in [7, 11) is 0. The Bertz CT molecular complexity index is 20.0. The van der Waals surface area contributed by atoms with Crippen LogP contribution in [-0.4, -0.2) is 6.67 Å². The van der Waals surface area contributed by atoms with E-state index < -0.39 is 0 Å². The quantitative estimate of drug-likeness (QED) is 0.552. The van der Waals surface area contributed by atoms with Crippen molar-refractivity contribution in [2.75, 3.05) is 6.67 Å². The van der Waals surface area contributed by atoms with Crippen LogP contribution in [0.2, 0.25) is 0 Å². The molecule has 0 aromatic carbocycles. The first kappa shape index (κ1) is 10.00. The summed E-state index contributed by atoms with van der Waals surface area (Å²) in [4.78, 5) is 0. The lowest BCUT2D eigenvalue weighted by Gasteiger charge is -1.84. The van der Waals surface area contributed by atoms with Gasteiger partial charge >= 0.3 is 0 Å². The first-order chi connectivity index (χ1) is 2.91. The smallest absolute Gasteiger partial charge is 0.0894 e. The molecule has 3 N–H and O–H groups in total. The van der Waals surface area contributed by atoms with Crippen molar-refractivity contribution < 1.29 is 4.39 Å². The first-order valence-electron chi connectivity index (χ1n) is 2.47. The van der Waals surface area contributed by atoms with Crippen molar-refractivity contribution in [3.63, 3.8) is 0 Å². The fraction of sp³-hybridized carbons (Fsp3) is 1.00. The van der Waals surface area contributed by atoms with E-state index in [1.54, 1.807) is 0 Å². The van der Waals surface area contributed by atoms with Gasteiger partial charge in [-0.25, -0.2) is 0 Å². The van der Waals surface area contributed by atoms with Gasteiger partial charge in [0.15, 0.2) is 0 Å². The van der Waals surface area contributed by atoms with E-state index in [2.05, 4.69) is 6.92 Å². The highest BCUT2D eigenvalue weighted by molar-refractivity contribution is 4.31. The molecule has 0 rings (SSSR count). The van der Waals surface area contributed by atoms with Crippen LogP contribution in [0.5, 0.6) is 0 Å². The lowest BCUT2D eigenvalue weighted by Crippen LogP contribution is -1.72. The van der Waals surface area contributed by atoms with Gasteiger partial charge in [0.25, 0.3) is 0 Å². The third-order valence-corrected chi connectivity index (χ3v) is 0.737. The molecule has 0 saturated heterocycles. The maximum Gasteiger partial charge on any atom is 0.0894 e. The molecular formula is C5H14FN. The van der Waals surface area contributed by atoms with Gasteiger partial charge in [0.1, 0.15) is 0 Å². The predicted octanol–water partition coefficient (Wildman–Crippen LogP) is 2.31. The Kier molecular flexibility index (Phi) is 13.3. The number of halogens is 1. The second-order valence-corrected chi connectivity index (χ2v) is 1.40. The summed E-state index contributed by atoms with van der Waals surface area (Å²) >= 11 is 0. The topological polar surface area (TPSA) is 35.0 Å². The standard InChI is InChI=1S/C5H11F.H3N/c1-2-3-4-5-6;/h2-5H2,1H3;1H3. The van der Waals surface area contributed by atoms with Crippen molar-refractivity contribution in [2.45, 2.75) is 26.2 Å². The van der Waals surface area contributed by atoms with Crippen LogP contribution >= 0.6 is 0 Å².